The van der Waals surface area contributed by atoms with Crippen LogP contribution in [0.4, 0.5) is 0 Å². The number of nitrogens with zero attached hydrogens (tertiary/aromatic N) is 2. The second-order valence-electron chi connectivity index (χ2n) is 5.48. The zero-order chi connectivity index (χ0) is 14.0. The van der Waals surface area contributed by atoms with Crippen LogP contribution in [0.15, 0.2) is 4.47 Å². The molecule has 1 heterocycles. The van der Waals surface area contributed by atoms with Crippen LogP contribution in [-0.4, -0.2) is 21.1 Å². The first-order valence-corrected chi connectivity index (χ1v) is 7.81. The van der Waals surface area contributed by atoms with E-state index < -0.39 is 5.54 Å². The van der Waals surface area contributed by atoms with E-state index in [-0.39, 0.29) is 5.78 Å². The molecule has 0 saturated heterocycles. The van der Waals surface area contributed by atoms with Gasteiger partial charge in [-0.05, 0) is 42.6 Å². The Morgan fingerprint density at radius 2 is 2.05 bits per heavy atom. The molecule has 0 aliphatic heterocycles. The third-order valence-electron chi connectivity index (χ3n) is 4.08. The van der Waals surface area contributed by atoms with Crippen molar-refractivity contribution in [3.63, 3.8) is 0 Å². The predicted molar refractivity (Wildman–Crippen MR) is 79.1 cm³/mol. The number of ketones is 1. The van der Waals surface area contributed by atoms with Crippen LogP contribution in [0.5, 0.6) is 0 Å². The van der Waals surface area contributed by atoms with E-state index in [4.69, 9.17) is 5.73 Å². The Balaban J connectivity index is 2.18. The molecule has 4 nitrogen and oxygen atoms in total. The van der Waals surface area contributed by atoms with Crippen LogP contribution in [0.3, 0.4) is 0 Å². The van der Waals surface area contributed by atoms with Crippen LogP contribution < -0.4 is 5.73 Å². The molecular formula is C14H22BrN3O. The number of carbonyl (C=O) groups is 1. The first-order valence-electron chi connectivity index (χ1n) is 7.02. The first-order chi connectivity index (χ1) is 8.98. The molecule has 1 saturated carbocycles. The number of hydrogen-bond acceptors (Lipinski definition) is 3. The van der Waals surface area contributed by atoms with Crippen molar-refractivity contribution in [2.75, 3.05) is 0 Å². The van der Waals surface area contributed by atoms with Gasteiger partial charge in [-0.15, -0.1) is 0 Å². The van der Waals surface area contributed by atoms with E-state index in [1.54, 1.807) is 0 Å². The van der Waals surface area contributed by atoms with Crippen LogP contribution >= 0.6 is 15.9 Å². The maximum Gasteiger partial charge on any atom is 0.158 e. The van der Waals surface area contributed by atoms with E-state index in [2.05, 4.69) is 21.0 Å². The second-order valence-corrected chi connectivity index (χ2v) is 6.27. The average molecular weight is 328 g/mol. The van der Waals surface area contributed by atoms with Gasteiger partial charge in [0.05, 0.1) is 27.8 Å². The topological polar surface area (TPSA) is 60.9 Å². The molecule has 1 aromatic rings. The smallest absolute Gasteiger partial charge is 0.158 e. The summed E-state index contributed by atoms with van der Waals surface area (Å²) < 4.78 is 2.84. The van der Waals surface area contributed by atoms with E-state index >= 15 is 0 Å². The quantitative estimate of drug-likeness (QED) is 0.924. The maximum atomic E-state index is 12.5. The minimum Gasteiger partial charge on any atom is -0.319 e. The van der Waals surface area contributed by atoms with Gasteiger partial charge in [0.15, 0.2) is 5.78 Å². The molecule has 2 rings (SSSR count). The molecule has 0 unspecified atom stereocenters. The molecule has 1 aliphatic carbocycles. The van der Waals surface area contributed by atoms with Crippen LogP contribution in [0, 0.1) is 6.92 Å². The Hall–Kier alpha value is -0.680. The van der Waals surface area contributed by atoms with Crippen molar-refractivity contribution in [3.05, 3.63) is 15.9 Å². The van der Waals surface area contributed by atoms with Crippen LogP contribution in [0.1, 0.15) is 50.4 Å². The van der Waals surface area contributed by atoms with Crippen molar-refractivity contribution in [3.8, 4) is 0 Å². The van der Waals surface area contributed by atoms with Gasteiger partial charge in [-0.2, -0.15) is 5.10 Å². The third kappa shape index (κ3) is 2.92. The fourth-order valence-electron chi connectivity index (χ4n) is 2.83. The van der Waals surface area contributed by atoms with Gasteiger partial charge in [-0.3, -0.25) is 9.48 Å². The van der Waals surface area contributed by atoms with Gasteiger partial charge in [0.25, 0.3) is 0 Å². The summed E-state index contributed by atoms with van der Waals surface area (Å²) in [7, 11) is 0. The van der Waals surface area contributed by atoms with Crippen LogP contribution in [-0.2, 0) is 17.8 Å². The second kappa shape index (κ2) is 5.75. The Bertz CT molecular complexity index is 475. The molecule has 5 heteroatoms. The molecular weight excluding hydrogens is 306 g/mol. The molecule has 2 N–H and O–H groups in total. The molecule has 106 valence electrons. The Labute approximate surface area is 122 Å². The molecule has 0 bridgehead atoms. The standard InChI is InChI=1S/C14H22BrN3O/c1-3-18-11(13(15)10(2)17-18)9-12(19)14(16)7-5-4-6-8-14/h3-9,16H2,1-2H3. The van der Waals surface area contributed by atoms with Crippen molar-refractivity contribution in [1.82, 2.24) is 9.78 Å². The largest absolute Gasteiger partial charge is 0.319 e. The summed E-state index contributed by atoms with van der Waals surface area (Å²) in [5.74, 6) is 0.155. The fourth-order valence-corrected chi connectivity index (χ4v) is 3.25. The highest BCUT2D eigenvalue weighted by Gasteiger charge is 2.35. The number of halogens is 1. The van der Waals surface area contributed by atoms with Crippen molar-refractivity contribution in [1.29, 1.82) is 0 Å². The van der Waals surface area contributed by atoms with E-state index in [0.717, 1.165) is 48.1 Å². The summed E-state index contributed by atoms with van der Waals surface area (Å²) >= 11 is 3.54. The number of Topliss-reactive ketones (excluding diaryl/α,β-unsaturated/α-hetero) is 1. The zero-order valence-corrected chi connectivity index (χ0v) is 13.3. The van der Waals surface area contributed by atoms with Gasteiger partial charge in [0, 0.05) is 6.54 Å². The molecule has 0 amide bonds. The average Bonchev–Trinajstić information content (AvgIpc) is 2.67. The van der Waals surface area contributed by atoms with Gasteiger partial charge in [-0.25, -0.2) is 0 Å². The summed E-state index contributed by atoms with van der Waals surface area (Å²) in [6.45, 7) is 4.75. The number of aryl methyl sites for hydroxylation is 2. The molecule has 0 radical (unpaired) electrons. The third-order valence-corrected chi connectivity index (χ3v) is 5.11. The lowest BCUT2D eigenvalue weighted by Gasteiger charge is -2.31. The number of rotatable bonds is 4. The van der Waals surface area contributed by atoms with Gasteiger partial charge in [0.1, 0.15) is 0 Å². The summed E-state index contributed by atoms with van der Waals surface area (Å²) in [4.78, 5) is 12.5. The molecule has 1 aromatic heterocycles. The zero-order valence-electron chi connectivity index (χ0n) is 11.7. The Morgan fingerprint density at radius 3 is 2.63 bits per heavy atom. The highest BCUT2D eigenvalue weighted by molar-refractivity contribution is 9.10. The van der Waals surface area contributed by atoms with Crippen molar-refractivity contribution in [2.45, 2.75) is 64.5 Å². The normalized spacial score (nSPS) is 18.5. The highest BCUT2D eigenvalue weighted by Crippen LogP contribution is 2.29. The molecule has 1 fully saturated rings. The van der Waals surface area contributed by atoms with Crippen LogP contribution in [0.2, 0.25) is 0 Å². The maximum absolute atomic E-state index is 12.5. The van der Waals surface area contributed by atoms with Crippen molar-refractivity contribution in [2.24, 2.45) is 5.73 Å². The van der Waals surface area contributed by atoms with Gasteiger partial charge in [-0.1, -0.05) is 19.3 Å². The van der Waals surface area contributed by atoms with E-state index in [1.807, 2.05) is 18.5 Å². The lowest BCUT2D eigenvalue weighted by molar-refractivity contribution is -0.124. The Kier molecular flexibility index (Phi) is 4.46. The van der Waals surface area contributed by atoms with Crippen molar-refractivity contribution < 1.29 is 4.79 Å². The van der Waals surface area contributed by atoms with Crippen LogP contribution in [0.25, 0.3) is 0 Å². The monoisotopic (exact) mass is 327 g/mol. The molecule has 0 atom stereocenters. The van der Waals surface area contributed by atoms with E-state index in [1.165, 1.54) is 6.42 Å². The van der Waals surface area contributed by atoms with E-state index in [0.29, 0.717) is 6.42 Å². The summed E-state index contributed by atoms with van der Waals surface area (Å²) in [5.41, 5.74) is 7.58. The molecule has 0 aromatic carbocycles. The van der Waals surface area contributed by atoms with Gasteiger partial charge in [0.2, 0.25) is 0 Å². The molecule has 0 spiro atoms. The lowest BCUT2D eigenvalue weighted by atomic mass is 9.78. The summed E-state index contributed by atoms with van der Waals surface area (Å²) in [6, 6.07) is 0. The number of aromatic nitrogens is 2. The van der Waals surface area contributed by atoms with Gasteiger partial charge >= 0.3 is 0 Å². The first kappa shape index (κ1) is 14.7. The van der Waals surface area contributed by atoms with E-state index in [9.17, 15) is 4.79 Å². The minimum atomic E-state index is -0.617. The number of hydrogen-bond donors (Lipinski definition) is 1. The molecule has 1 aliphatic rings. The minimum absolute atomic E-state index is 0.155. The Morgan fingerprint density at radius 1 is 1.42 bits per heavy atom. The SMILES string of the molecule is CCn1nc(C)c(Br)c1CC(=O)C1(N)CCCCC1. The predicted octanol–water partition coefficient (Wildman–Crippen LogP) is 2.75. The number of nitrogens with two attached hydrogens (primary N) is 1. The molecule has 19 heavy (non-hydrogen) atoms. The fraction of sp³-hybridized carbons (Fsp3) is 0.714. The van der Waals surface area contributed by atoms with Gasteiger partial charge < -0.3 is 5.73 Å². The number of carbonyl (C=O) groups excluding carboxylic acids is 1. The highest BCUT2D eigenvalue weighted by atomic mass is 79.9. The lowest BCUT2D eigenvalue weighted by Crippen LogP contribution is -2.50. The van der Waals surface area contributed by atoms with Crippen molar-refractivity contribution >= 4 is 21.7 Å². The summed E-state index contributed by atoms with van der Waals surface area (Å²) in [6.07, 6.45) is 5.35. The summed E-state index contributed by atoms with van der Waals surface area (Å²) in [5, 5.41) is 4.43.